The van der Waals surface area contributed by atoms with Crippen LogP contribution in [-0.2, 0) is 11.3 Å². The summed E-state index contributed by atoms with van der Waals surface area (Å²) in [5, 5.41) is 3.33. The molecule has 126 valence electrons. The Bertz CT molecular complexity index is 462. The highest BCUT2D eigenvalue weighted by molar-refractivity contribution is 14.0. The first-order chi connectivity index (χ1) is 10.2. The normalized spacial score (nSPS) is 14.6. The van der Waals surface area contributed by atoms with Crippen LogP contribution >= 0.6 is 35.3 Å². The number of likely N-dealkylation sites (N-methyl/N-ethyl adjacent to an activating group) is 1. The molecule has 1 aromatic rings. The number of thiazole rings is 1. The van der Waals surface area contributed by atoms with Crippen LogP contribution in [0, 0.1) is 12.8 Å². The van der Waals surface area contributed by atoms with E-state index in [1.807, 2.05) is 12.4 Å². The van der Waals surface area contributed by atoms with E-state index in [0.29, 0.717) is 6.54 Å². The van der Waals surface area contributed by atoms with Gasteiger partial charge in [0.2, 0.25) is 0 Å². The van der Waals surface area contributed by atoms with Crippen LogP contribution in [-0.4, -0.2) is 49.2 Å². The smallest absolute Gasteiger partial charge is 0.194 e. The van der Waals surface area contributed by atoms with Gasteiger partial charge in [0.05, 0.1) is 24.4 Å². The molecular weight excluding hydrogens is 411 g/mol. The Kier molecular flexibility index (Phi) is 9.27. The number of guanidine groups is 1. The van der Waals surface area contributed by atoms with Gasteiger partial charge in [0.15, 0.2) is 5.96 Å². The van der Waals surface area contributed by atoms with Crippen molar-refractivity contribution < 1.29 is 4.74 Å². The van der Waals surface area contributed by atoms with E-state index in [2.05, 4.69) is 34.2 Å². The molecule has 0 saturated heterocycles. The summed E-state index contributed by atoms with van der Waals surface area (Å²) in [7, 11) is 2.06. The molecule has 1 aliphatic rings. The molecule has 0 atom stereocenters. The third kappa shape index (κ3) is 6.78. The van der Waals surface area contributed by atoms with Crippen molar-refractivity contribution in [3.63, 3.8) is 0 Å². The fourth-order valence-corrected chi connectivity index (χ4v) is 2.64. The Balaban J connectivity index is 0.00000242. The molecule has 0 spiro atoms. The first kappa shape index (κ1) is 19.6. The molecule has 1 fully saturated rings. The second-order valence-corrected chi connectivity index (χ2v) is 6.41. The van der Waals surface area contributed by atoms with Gasteiger partial charge in [0.1, 0.15) is 0 Å². The van der Waals surface area contributed by atoms with Crippen LogP contribution in [0.25, 0.3) is 0 Å². The average Bonchev–Trinajstić information content (AvgIpc) is 3.21. The van der Waals surface area contributed by atoms with Crippen molar-refractivity contribution in [2.24, 2.45) is 10.9 Å². The van der Waals surface area contributed by atoms with Gasteiger partial charge in [0.25, 0.3) is 0 Å². The molecule has 0 amide bonds. The first-order valence-corrected chi connectivity index (χ1v) is 8.54. The zero-order valence-electron chi connectivity index (χ0n) is 13.7. The van der Waals surface area contributed by atoms with Gasteiger partial charge in [-0.1, -0.05) is 0 Å². The molecule has 7 heteroatoms. The van der Waals surface area contributed by atoms with Crippen molar-refractivity contribution in [1.82, 2.24) is 15.2 Å². The molecule has 22 heavy (non-hydrogen) atoms. The van der Waals surface area contributed by atoms with Gasteiger partial charge in [-0.15, -0.1) is 35.3 Å². The molecule has 1 aliphatic carbocycles. The molecule has 2 rings (SSSR count). The lowest BCUT2D eigenvalue weighted by atomic mass is 10.4. The van der Waals surface area contributed by atoms with E-state index in [1.165, 1.54) is 17.7 Å². The second-order valence-electron chi connectivity index (χ2n) is 5.47. The molecule has 0 bridgehead atoms. The summed E-state index contributed by atoms with van der Waals surface area (Å²) in [6, 6.07) is 0. The highest BCUT2D eigenvalue weighted by Gasteiger charge is 2.21. The Morgan fingerprint density at radius 3 is 2.91 bits per heavy atom. The van der Waals surface area contributed by atoms with Gasteiger partial charge >= 0.3 is 0 Å². The highest BCUT2D eigenvalue weighted by atomic mass is 127. The minimum atomic E-state index is 0. The summed E-state index contributed by atoms with van der Waals surface area (Å²) in [5.41, 5.74) is 2.96. The lowest BCUT2D eigenvalue weighted by Gasteiger charge is -2.22. The third-order valence-electron chi connectivity index (χ3n) is 3.54. The van der Waals surface area contributed by atoms with Crippen molar-refractivity contribution in [3.05, 3.63) is 16.1 Å². The SMILES string of the molecule is CCNC(=NCc1scnc1C)N(C)CCOCC1CC1.I. The zero-order valence-corrected chi connectivity index (χ0v) is 16.8. The van der Waals surface area contributed by atoms with Gasteiger partial charge in [-0.25, -0.2) is 9.98 Å². The number of aryl methyl sites for hydroxylation is 1. The van der Waals surface area contributed by atoms with E-state index in [4.69, 9.17) is 4.74 Å². The minimum absolute atomic E-state index is 0. The summed E-state index contributed by atoms with van der Waals surface area (Å²) >= 11 is 1.66. The van der Waals surface area contributed by atoms with Crippen molar-refractivity contribution >= 4 is 41.3 Å². The Labute approximate surface area is 154 Å². The maximum absolute atomic E-state index is 5.69. The average molecular weight is 438 g/mol. The quantitative estimate of drug-likeness (QED) is 0.294. The molecule has 1 heterocycles. The first-order valence-electron chi connectivity index (χ1n) is 7.66. The predicted molar refractivity (Wildman–Crippen MR) is 103 cm³/mol. The van der Waals surface area contributed by atoms with Crippen molar-refractivity contribution in [2.45, 2.75) is 33.2 Å². The van der Waals surface area contributed by atoms with E-state index in [-0.39, 0.29) is 24.0 Å². The van der Waals surface area contributed by atoms with Crippen LogP contribution < -0.4 is 5.32 Å². The van der Waals surface area contributed by atoms with Crippen LogP contribution in [0.3, 0.4) is 0 Å². The number of aliphatic imine (C=N–C) groups is 1. The molecule has 1 saturated carbocycles. The fraction of sp³-hybridized carbons (Fsp3) is 0.733. The summed E-state index contributed by atoms with van der Waals surface area (Å²) in [6.07, 6.45) is 2.68. The largest absolute Gasteiger partial charge is 0.379 e. The zero-order chi connectivity index (χ0) is 15.1. The van der Waals surface area contributed by atoms with Crippen LogP contribution in [0.1, 0.15) is 30.3 Å². The fourth-order valence-electron chi connectivity index (χ4n) is 1.94. The minimum Gasteiger partial charge on any atom is -0.379 e. The monoisotopic (exact) mass is 438 g/mol. The predicted octanol–water partition coefficient (Wildman–Crippen LogP) is 2.89. The summed E-state index contributed by atoms with van der Waals surface area (Å²) in [6.45, 7) is 8.22. The van der Waals surface area contributed by atoms with E-state index < -0.39 is 0 Å². The molecule has 0 unspecified atom stereocenters. The van der Waals surface area contributed by atoms with Crippen LogP contribution in [0.2, 0.25) is 0 Å². The van der Waals surface area contributed by atoms with Gasteiger partial charge < -0.3 is 15.0 Å². The topological polar surface area (TPSA) is 49.8 Å². The number of rotatable bonds is 8. The number of nitrogens with one attached hydrogen (secondary N) is 1. The lowest BCUT2D eigenvalue weighted by Crippen LogP contribution is -2.40. The highest BCUT2D eigenvalue weighted by Crippen LogP contribution is 2.28. The Morgan fingerprint density at radius 2 is 2.32 bits per heavy atom. The van der Waals surface area contributed by atoms with E-state index >= 15 is 0 Å². The maximum atomic E-state index is 5.69. The standard InChI is InChI=1S/C15H26N4OS.HI/c1-4-16-15(17-9-14-12(2)18-11-21-14)19(3)7-8-20-10-13-5-6-13;/h11,13H,4-10H2,1-3H3,(H,16,17);1H. The van der Waals surface area contributed by atoms with Crippen LogP contribution in [0.5, 0.6) is 0 Å². The van der Waals surface area contributed by atoms with E-state index in [0.717, 1.165) is 43.9 Å². The summed E-state index contributed by atoms with van der Waals surface area (Å²) in [5.74, 6) is 1.76. The van der Waals surface area contributed by atoms with Crippen molar-refractivity contribution in [2.75, 3.05) is 33.4 Å². The molecule has 0 radical (unpaired) electrons. The van der Waals surface area contributed by atoms with Crippen LogP contribution in [0.4, 0.5) is 0 Å². The Hall–Kier alpha value is -0.410. The summed E-state index contributed by atoms with van der Waals surface area (Å²) < 4.78 is 5.69. The second kappa shape index (κ2) is 10.4. The number of halogens is 1. The van der Waals surface area contributed by atoms with Crippen LogP contribution in [0.15, 0.2) is 10.5 Å². The van der Waals surface area contributed by atoms with E-state index in [1.54, 1.807) is 11.3 Å². The number of nitrogens with zero attached hydrogens (tertiary/aromatic N) is 3. The Morgan fingerprint density at radius 1 is 1.55 bits per heavy atom. The van der Waals surface area contributed by atoms with E-state index in [9.17, 15) is 0 Å². The van der Waals surface area contributed by atoms with Crippen molar-refractivity contribution in [3.8, 4) is 0 Å². The molecule has 0 aromatic carbocycles. The number of hydrogen-bond donors (Lipinski definition) is 1. The molecule has 1 aromatic heterocycles. The number of aromatic nitrogens is 1. The van der Waals surface area contributed by atoms with Gasteiger partial charge in [0, 0.05) is 31.6 Å². The van der Waals surface area contributed by atoms with Gasteiger partial charge in [-0.3, -0.25) is 0 Å². The lowest BCUT2D eigenvalue weighted by molar-refractivity contribution is 0.115. The molecule has 5 nitrogen and oxygen atoms in total. The van der Waals surface area contributed by atoms with Crippen molar-refractivity contribution in [1.29, 1.82) is 0 Å². The number of hydrogen-bond acceptors (Lipinski definition) is 4. The third-order valence-corrected chi connectivity index (χ3v) is 4.46. The maximum Gasteiger partial charge on any atom is 0.194 e. The molecular formula is C15H27IN4OS. The molecule has 1 N–H and O–H groups in total. The number of ether oxygens (including phenoxy) is 1. The molecule has 0 aliphatic heterocycles. The summed E-state index contributed by atoms with van der Waals surface area (Å²) in [4.78, 5) is 12.3. The van der Waals surface area contributed by atoms with Gasteiger partial charge in [-0.2, -0.15) is 0 Å². The van der Waals surface area contributed by atoms with Gasteiger partial charge in [-0.05, 0) is 32.6 Å².